The second kappa shape index (κ2) is 13.8. The summed E-state index contributed by atoms with van der Waals surface area (Å²) in [6.07, 6.45) is 5.30. The van der Waals surface area contributed by atoms with Gasteiger partial charge in [-0.25, -0.2) is 4.79 Å². The Kier molecular flexibility index (Phi) is 14.7. The molecule has 0 bridgehead atoms. The summed E-state index contributed by atoms with van der Waals surface area (Å²) in [5.41, 5.74) is 7.47. The standard InChI is InChI=1S/C9H13NO4.C6H10.C5H12.C4H9N3/c1-9(2,3)8(13)14-10-6(11)4-5-7(10)12;1-5-6(2,3)4;1-5(2,3)4;1-4(2,3)6-7-5/h4-5H2,1-3H3;1H,2-4H3;1-4H3;1-3H3. The van der Waals surface area contributed by atoms with E-state index in [0.29, 0.717) is 10.5 Å². The second-order valence-corrected chi connectivity index (χ2v) is 12.0. The number of rotatable bonds is 1. The molecule has 0 aliphatic carbocycles. The Bertz CT molecular complexity index is 681. The quantitative estimate of drug-likeness (QED) is 0.149. The lowest BCUT2D eigenvalue weighted by atomic mass is 9.98. The molecule has 8 heteroatoms. The van der Waals surface area contributed by atoms with Crippen LogP contribution in [-0.2, 0) is 19.2 Å². The van der Waals surface area contributed by atoms with E-state index in [2.05, 4.69) is 43.6 Å². The minimum absolute atomic E-state index is 0.0694. The molecule has 0 saturated carbocycles. The Morgan fingerprint density at radius 2 is 1.25 bits per heavy atom. The summed E-state index contributed by atoms with van der Waals surface area (Å²) in [7, 11) is 0. The normalized spacial score (nSPS) is 13.7. The van der Waals surface area contributed by atoms with Crippen molar-refractivity contribution >= 4 is 17.8 Å². The van der Waals surface area contributed by atoms with Crippen LogP contribution in [-0.4, -0.2) is 28.4 Å². The Morgan fingerprint density at radius 3 is 1.41 bits per heavy atom. The molecule has 1 aliphatic heterocycles. The number of carbonyl (C=O) groups is 3. The molecule has 8 nitrogen and oxygen atoms in total. The van der Waals surface area contributed by atoms with Crippen LogP contribution in [0.2, 0.25) is 0 Å². The summed E-state index contributed by atoms with van der Waals surface area (Å²) in [6.45, 7) is 25.3. The molecular formula is C24H44N4O4. The lowest BCUT2D eigenvalue weighted by Gasteiger charge is -2.19. The van der Waals surface area contributed by atoms with Crippen LogP contribution in [0, 0.1) is 28.6 Å². The molecule has 0 spiro atoms. The molecule has 184 valence electrons. The van der Waals surface area contributed by atoms with Gasteiger partial charge in [-0.05, 0) is 52.5 Å². The molecule has 1 rings (SSSR count). The fourth-order valence-corrected chi connectivity index (χ4v) is 1.01. The number of terminal acetylenes is 1. The maximum atomic E-state index is 11.3. The van der Waals surface area contributed by atoms with Crippen LogP contribution in [0.5, 0.6) is 0 Å². The predicted molar refractivity (Wildman–Crippen MR) is 129 cm³/mol. The molecule has 0 aromatic rings. The van der Waals surface area contributed by atoms with Crippen LogP contribution >= 0.6 is 0 Å². The summed E-state index contributed by atoms with van der Waals surface area (Å²) >= 11 is 0. The highest BCUT2D eigenvalue weighted by Gasteiger charge is 2.35. The van der Waals surface area contributed by atoms with E-state index in [4.69, 9.17) is 16.8 Å². The third kappa shape index (κ3) is 25.5. The molecule has 0 aromatic carbocycles. The average Bonchev–Trinajstić information content (AvgIpc) is 2.83. The number of hydrogen-bond donors (Lipinski definition) is 0. The lowest BCUT2D eigenvalue weighted by Crippen LogP contribution is -2.36. The van der Waals surface area contributed by atoms with Gasteiger partial charge in [0.25, 0.3) is 11.8 Å². The fourth-order valence-electron chi connectivity index (χ4n) is 1.01. The molecular weight excluding hydrogens is 408 g/mol. The number of amides is 2. The molecule has 1 aliphatic rings. The summed E-state index contributed by atoms with van der Waals surface area (Å²) in [6, 6.07) is 0. The van der Waals surface area contributed by atoms with Crippen molar-refractivity contribution < 1.29 is 19.2 Å². The van der Waals surface area contributed by atoms with Gasteiger partial charge in [-0.3, -0.25) is 9.59 Å². The van der Waals surface area contributed by atoms with Crippen molar-refractivity contribution in [1.82, 2.24) is 5.06 Å². The molecule has 0 N–H and O–H groups in total. The first-order chi connectivity index (χ1) is 13.9. The average molecular weight is 453 g/mol. The van der Waals surface area contributed by atoms with Gasteiger partial charge in [-0.15, -0.1) is 17.4 Å². The van der Waals surface area contributed by atoms with E-state index in [1.54, 1.807) is 20.8 Å². The van der Waals surface area contributed by atoms with Gasteiger partial charge in [-0.1, -0.05) is 53.6 Å². The number of hydroxylamine groups is 2. The molecule has 1 fully saturated rings. The Morgan fingerprint density at radius 1 is 0.938 bits per heavy atom. The van der Waals surface area contributed by atoms with E-state index >= 15 is 0 Å². The zero-order chi connectivity index (χ0) is 26.6. The number of hydrogen-bond acceptors (Lipinski definition) is 5. The van der Waals surface area contributed by atoms with Gasteiger partial charge in [0, 0.05) is 28.7 Å². The minimum Gasteiger partial charge on any atom is -0.330 e. The smallest absolute Gasteiger partial charge is 0.330 e. The zero-order valence-electron chi connectivity index (χ0n) is 22.4. The Labute approximate surface area is 195 Å². The molecule has 0 atom stereocenters. The molecule has 0 unspecified atom stereocenters. The largest absolute Gasteiger partial charge is 0.338 e. The molecule has 2 amide bonds. The van der Waals surface area contributed by atoms with E-state index in [0.717, 1.165) is 0 Å². The summed E-state index contributed by atoms with van der Waals surface area (Å²) < 4.78 is 0. The number of azide groups is 1. The summed E-state index contributed by atoms with van der Waals surface area (Å²) in [4.78, 5) is 40.8. The van der Waals surface area contributed by atoms with Gasteiger partial charge in [0.05, 0.1) is 5.41 Å². The first-order valence-corrected chi connectivity index (χ1v) is 10.6. The monoisotopic (exact) mass is 452 g/mol. The number of nitrogens with zero attached hydrogens (tertiary/aromatic N) is 4. The van der Waals surface area contributed by atoms with Crippen LogP contribution in [0.4, 0.5) is 0 Å². The highest BCUT2D eigenvalue weighted by Crippen LogP contribution is 2.19. The maximum absolute atomic E-state index is 11.3. The summed E-state index contributed by atoms with van der Waals surface area (Å²) in [5.74, 6) is 1.12. The highest BCUT2D eigenvalue weighted by atomic mass is 16.7. The minimum atomic E-state index is -0.719. The van der Waals surface area contributed by atoms with Crippen molar-refractivity contribution in [2.75, 3.05) is 0 Å². The lowest BCUT2D eigenvalue weighted by molar-refractivity contribution is -0.203. The van der Waals surface area contributed by atoms with Gasteiger partial charge in [0.1, 0.15) is 0 Å². The Balaban J connectivity index is -0.000000394. The van der Waals surface area contributed by atoms with E-state index in [9.17, 15) is 14.4 Å². The van der Waals surface area contributed by atoms with Crippen LogP contribution < -0.4 is 0 Å². The van der Waals surface area contributed by atoms with Gasteiger partial charge in [0.2, 0.25) is 0 Å². The van der Waals surface area contributed by atoms with E-state index in [1.165, 1.54) is 0 Å². The SMILES string of the molecule is C#CC(C)(C)C.CC(C)(C)C.CC(C)(C)C(=O)ON1C(=O)CCC1=O.CC(C)(C)N=[N+]=[N-]. The zero-order valence-corrected chi connectivity index (χ0v) is 22.4. The van der Waals surface area contributed by atoms with Gasteiger partial charge >= 0.3 is 5.97 Å². The van der Waals surface area contributed by atoms with E-state index in [1.807, 2.05) is 41.5 Å². The topological polar surface area (TPSA) is 112 Å². The predicted octanol–water partition coefficient (Wildman–Crippen LogP) is 6.45. The third-order valence-corrected chi connectivity index (χ3v) is 2.57. The van der Waals surface area contributed by atoms with Crippen molar-refractivity contribution in [3.63, 3.8) is 0 Å². The molecule has 1 saturated heterocycles. The first kappa shape index (κ1) is 34.1. The fraction of sp³-hybridized carbons (Fsp3) is 0.792. The summed E-state index contributed by atoms with van der Waals surface area (Å²) in [5, 5.41) is 4.00. The van der Waals surface area contributed by atoms with Crippen LogP contribution in [0.1, 0.15) is 103 Å². The number of imide groups is 1. The van der Waals surface area contributed by atoms with Crippen molar-refractivity contribution in [1.29, 1.82) is 0 Å². The van der Waals surface area contributed by atoms with E-state index < -0.39 is 23.2 Å². The second-order valence-electron chi connectivity index (χ2n) is 12.0. The molecule has 1 heterocycles. The molecule has 0 aromatic heterocycles. The highest BCUT2D eigenvalue weighted by molar-refractivity contribution is 6.01. The number of carbonyl (C=O) groups excluding carboxylic acids is 3. The van der Waals surface area contributed by atoms with E-state index in [-0.39, 0.29) is 23.8 Å². The van der Waals surface area contributed by atoms with Crippen LogP contribution in [0.15, 0.2) is 5.11 Å². The van der Waals surface area contributed by atoms with Crippen LogP contribution in [0.25, 0.3) is 10.4 Å². The van der Waals surface area contributed by atoms with Crippen molar-refractivity contribution in [3.05, 3.63) is 10.4 Å². The van der Waals surface area contributed by atoms with Crippen LogP contribution in [0.3, 0.4) is 0 Å². The van der Waals surface area contributed by atoms with Gasteiger partial charge < -0.3 is 4.84 Å². The molecule has 32 heavy (non-hydrogen) atoms. The third-order valence-electron chi connectivity index (χ3n) is 2.57. The Hall–Kier alpha value is -2.52. The van der Waals surface area contributed by atoms with Crippen molar-refractivity contribution in [3.8, 4) is 12.3 Å². The molecule has 0 radical (unpaired) electrons. The van der Waals surface area contributed by atoms with Crippen molar-refractivity contribution in [2.45, 2.75) is 108 Å². The van der Waals surface area contributed by atoms with Gasteiger partial charge in [-0.2, -0.15) is 0 Å². The van der Waals surface area contributed by atoms with Gasteiger partial charge in [0.15, 0.2) is 0 Å². The van der Waals surface area contributed by atoms with Crippen molar-refractivity contribution in [2.24, 2.45) is 21.4 Å². The maximum Gasteiger partial charge on any atom is 0.338 e. The first-order valence-electron chi connectivity index (χ1n) is 10.6.